The number of rotatable bonds is 5. The highest BCUT2D eigenvalue weighted by Crippen LogP contribution is 2.31. The molecule has 4 aromatic rings. The van der Waals surface area contributed by atoms with Gasteiger partial charge in [0, 0.05) is 28.7 Å². The van der Waals surface area contributed by atoms with E-state index in [1.165, 1.54) is 18.2 Å². The standard InChI is InChI=1S/C21H19F3N6O2S/c1-10-7-11(2)26-19(25-10)30-13(4)15(12(3)29-30)9-18(31)28-20-27-16-6-5-14(8-17(16)33-20)32-21(22,23)24/h5-8H,9H2,1-4H3,(H,27,28,31). The number of carbonyl (C=O) groups excluding carboxylic acids is 1. The van der Waals surface area contributed by atoms with Gasteiger partial charge in [0.25, 0.3) is 5.95 Å². The number of anilines is 1. The second-order valence-electron chi connectivity index (χ2n) is 7.43. The Morgan fingerprint density at radius 1 is 1.09 bits per heavy atom. The first kappa shape index (κ1) is 22.6. The Morgan fingerprint density at radius 2 is 1.79 bits per heavy atom. The van der Waals surface area contributed by atoms with Crippen molar-refractivity contribution < 1.29 is 22.7 Å². The number of thiazole rings is 1. The minimum Gasteiger partial charge on any atom is -0.406 e. The zero-order valence-corrected chi connectivity index (χ0v) is 18.9. The largest absolute Gasteiger partial charge is 0.573 e. The van der Waals surface area contributed by atoms with E-state index in [1.54, 1.807) is 11.6 Å². The summed E-state index contributed by atoms with van der Waals surface area (Å²) >= 11 is 1.06. The van der Waals surface area contributed by atoms with Gasteiger partial charge in [-0.2, -0.15) is 5.10 Å². The van der Waals surface area contributed by atoms with Gasteiger partial charge in [-0.3, -0.25) is 4.79 Å². The number of ether oxygens (including phenoxy) is 1. The first-order valence-electron chi connectivity index (χ1n) is 9.82. The fourth-order valence-corrected chi connectivity index (χ4v) is 4.32. The molecular formula is C21H19F3N6O2S. The van der Waals surface area contributed by atoms with Gasteiger partial charge in [-0.25, -0.2) is 19.6 Å². The molecule has 0 bridgehead atoms. The molecular weight excluding hydrogens is 457 g/mol. The van der Waals surface area contributed by atoms with E-state index in [2.05, 4.69) is 30.1 Å². The summed E-state index contributed by atoms with van der Waals surface area (Å²) in [6.07, 6.45) is -4.74. The molecule has 3 heterocycles. The van der Waals surface area contributed by atoms with Crippen LogP contribution >= 0.6 is 11.3 Å². The first-order valence-corrected chi connectivity index (χ1v) is 10.6. The summed E-state index contributed by atoms with van der Waals surface area (Å²) in [6, 6.07) is 5.68. The molecule has 1 amide bonds. The molecule has 0 unspecified atom stereocenters. The molecule has 0 saturated carbocycles. The topological polar surface area (TPSA) is 94.8 Å². The Morgan fingerprint density at radius 3 is 2.45 bits per heavy atom. The van der Waals surface area contributed by atoms with Gasteiger partial charge in [-0.15, -0.1) is 13.2 Å². The number of alkyl halides is 3. The molecule has 12 heteroatoms. The summed E-state index contributed by atoms with van der Waals surface area (Å²) in [5.74, 6) is -0.237. The molecule has 4 rings (SSSR count). The van der Waals surface area contributed by atoms with Crippen molar-refractivity contribution in [2.45, 2.75) is 40.5 Å². The lowest BCUT2D eigenvalue weighted by molar-refractivity contribution is -0.274. The summed E-state index contributed by atoms with van der Waals surface area (Å²) < 4.78 is 43.3. The molecule has 0 atom stereocenters. The van der Waals surface area contributed by atoms with Crippen molar-refractivity contribution in [3.8, 4) is 11.7 Å². The normalized spacial score (nSPS) is 11.7. The number of halogens is 3. The lowest BCUT2D eigenvalue weighted by Crippen LogP contribution is -2.16. The van der Waals surface area contributed by atoms with Gasteiger partial charge in [-0.05, 0) is 45.9 Å². The average molecular weight is 476 g/mol. The molecule has 0 fully saturated rings. The zero-order valence-electron chi connectivity index (χ0n) is 18.1. The number of aryl methyl sites for hydroxylation is 3. The molecule has 1 N–H and O–H groups in total. The van der Waals surface area contributed by atoms with Gasteiger partial charge in [0.15, 0.2) is 5.13 Å². The molecule has 0 radical (unpaired) electrons. The van der Waals surface area contributed by atoms with Crippen LogP contribution in [0.25, 0.3) is 16.2 Å². The van der Waals surface area contributed by atoms with Crippen LogP contribution < -0.4 is 10.1 Å². The third kappa shape index (κ3) is 5.11. The highest BCUT2D eigenvalue weighted by atomic mass is 32.1. The summed E-state index contributed by atoms with van der Waals surface area (Å²) in [5, 5.41) is 7.47. The van der Waals surface area contributed by atoms with Crippen LogP contribution in [0.3, 0.4) is 0 Å². The number of hydrogen-bond donors (Lipinski definition) is 1. The molecule has 0 spiro atoms. The second kappa shape index (κ2) is 8.43. The number of fused-ring (bicyclic) bond motifs is 1. The van der Waals surface area contributed by atoms with E-state index in [1.807, 2.05) is 26.8 Å². The fourth-order valence-electron chi connectivity index (χ4n) is 3.41. The maximum Gasteiger partial charge on any atom is 0.573 e. The van der Waals surface area contributed by atoms with Gasteiger partial charge in [0.2, 0.25) is 5.91 Å². The van der Waals surface area contributed by atoms with E-state index >= 15 is 0 Å². The lowest BCUT2D eigenvalue weighted by atomic mass is 10.1. The molecule has 0 aliphatic carbocycles. The Bertz CT molecular complexity index is 1340. The molecule has 33 heavy (non-hydrogen) atoms. The Balaban J connectivity index is 1.52. The van der Waals surface area contributed by atoms with E-state index < -0.39 is 6.36 Å². The minimum atomic E-state index is -4.78. The van der Waals surface area contributed by atoms with Crippen molar-refractivity contribution in [1.82, 2.24) is 24.7 Å². The number of nitrogens with zero attached hydrogens (tertiary/aromatic N) is 5. The maximum atomic E-state index is 12.7. The van der Waals surface area contributed by atoms with Crippen LogP contribution in [0, 0.1) is 27.7 Å². The van der Waals surface area contributed by atoms with Gasteiger partial charge in [0.1, 0.15) is 5.75 Å². The van der Waals surface area contributed by atoms with Crippen molar-refractivity contribution >= 4 is 32.6 Å². The molecule has 1 aromatic carbocycles. The molecule has 0 aliphatic heterocycles. The van der Waals surface area contributed by atoms with E-state index in [9.17, 15) is 18.0 Å². The van der Waals surface area contributed by atoms with Gasteiger partial charge in [0.05, 0.1) is 22.3 Å². The maximum absolute atomic E-state index is 12.7. The SMILES string of the molecule is Cc1cc(C)nc(-n2nc(C)c(CC(=O)Nc3nc4ccc(OC(F)(F)F)cc4s3)c2C)n1. The van der Waals surface area contributed by atoms with Crippen molar-refractivity contribution in [2.75, 3.05) is 5.32 Å². The fraction of sp³-hybridized carbons (Fsp3) is 0.286. The molecule has 3 aromatic heterocycles. The Labute approximate surface area is 190 Å². The molecule has 0 saturated heterocycles. The number of nitrogens with one attached hydrogen (secondary N) is 1. The number of benzene rings is 1. The van der Waals surface area contributed by atoms with E-state index in [0.717, 1.165) is 34.0 Å². The number of aromatic nitrogens is 5. The van der Waals surface area contributed by atoms with Crippen LogP contribution in [0.1, 0.15) is 28.3 Å². The third-order valence-corrected chi connectivity index (χ3v) is 5.71. The second-order valence-corrected chi connectivity index (χ2v) is 8.46. The number of hydrogen-bond acceptors (Lipinski definition) is 7. The number of amides is 1. The van der Waals surface area contributed by atoms with Crippen LogP contribution in [0.2, 0.25) is 0 Å². The quantitative estimate of drug-likeness (QED) is 0.453. The predicted octanol–water partition coefficient (Wildman–Crippen LogP) is 4.59. The third-order valence-electron chi connectivity index (χ3n) is 4.78. The van der Waals surface area contributed by atoms with E-state index in [0.29, 0.717) is 21.9 Å². The van der Waals surface area contributed by atoms with Crippen LogP contribution in [0.4, 0.5) is 18.3 Å². The summed E-state index contributed by atoms with van der Waals surface area (Å²) in [4.78, 5) is 25.8. The van der Waals surface area contributed by atoms with E-state index in [-0.39, 0.29) is 23.2 Å². The van der Waals surface area contributed by atoms with Crippen molar-refractivity contribution in [3.63, 3.8) is 0 Å². The Hall–Kier alpha value is -3.54. The van der Waals surface area contributed by atoms with Crippen LogP contribution in [-0.4, -0.2) is 37.0 Å². The summed E-state index contributed by atoms with van der Waals surface area (Å²) in [5.41, 5.74) is 4.22. The zero-order chi connectivity index (χ0) is 23.9. The van der Waals surface area contributed by atoms with Gasteiger partial charge >= 0.3 is 6.36 Å². The average Bonchev–Trinajstić information content (AvgIpc) is 3.20. The predicted molar refractivity (Wildman–Crippen MR) is 117 cm³/mol. The minimum absolute atomic E-state index is 0.0425. The van der Waals surface area contributed by atoms with Crippen LogP contribution in [0.15, 0.2) is 24.3 Å². The first-order chi connectivity index (χ1) is 15.5. The van der Waals surface area contributed by atoms with E-state index in [4.69, 9.17) is 0 Å². The summed E-state index contributed by atoms with van der Waals surface area (Å²) in [6.45, 7) is 7.38. The smallest absolute Gasteiger partial charge is 0.406 e. The number of carbonyl (C=O) groups is 1. The monoisotopic (exact) mass is 476 g/mol. The molecule has 8 nitrogen and oxygen atoms in total. The Kier molecular flexibility index (Phi) is 5.78. The van der Waals surface area contributed by atoms with Gasteiger partial charge in [-0.1, -0.05) is 11.3 Å². The van der Waals surface area contributed by atoms with Crippen LogP contribution in [0.5, 0.6) is 5.75 Å². The van der Waals surface area contributed by atoms with Crippen molar-refractivity contribution in [1.29, 1.82) is 0 Å². The van der Waals surface area contributed by atoms with Crippen LogP contribution in [-0.2, 0) is 11.2 Å². The summed E-state index contributed by atoms with van der Waals surface area (Å²) in [7, 11) is 0. The highest BCUT2D eigenvalue weighted by Gasteiger charge is 2.31. The highest BCUT2D eigenvalue weighted by molar-refractivity contribution is 7.22. The lowest BCUT2D eigenvalue weighted by Gasteiger charge is -2.07. The molecule has 0 aliphatic rings. The van der Waals surface area contributed by atoms with Crippen molar-refractivity contribution in [3.05, 3.63) is 52.6 Å². The van der Waals surface area contributed by atoms with Crippen molar-refractivity contribution in [2.24, 2.45) is 0 Å². The molecule has 172 valence electrons. The van der Waals surface area contributed by atoms with Gasteiger partial charge < -0.3 is 10.1 Å².